The number of morpholine rings is 1. The van der Waals surface area contributed by atoms with Crippen LogP contribution in [0.3, 0.4) is 0 Å². The molecule has 3 aromatic rings. The van der Waals surface area contributed by atoms with Crippen molar-refractivity contribution in [2.45, 2.75) is 6.04 Å². The molecule has 0 saturated carbocycles. The summed E-state index contributed by atoms with van der Waals surface area (Å²) in [6.07, 6.45) is 0. The number of hydrogen-bond donors (Lipinski definition) is 2. The zero-order valence-electron chi connectivity index (χ0n) is 18.0. The van der Waals surface area contributed by atoms with Crippen molar-refractivity contribution >= 4 is 28.3 Å². The van der Waals surface area contributed by atoms with Crippen molar-refractivity contribution in [1.82, 2.24) is 10.2 Å². The molecule has 1 heterocycles. The fourth-order valence-electron chi connectivity index (χ4n) is 4.02. The molecule has 0 aliphatic carbocycles. The summed E-state index contributed by atoms with van der Waals surface area (Å²) in [4.78, 5) is 27.3. The van der Waals surface area contributed by atoms with Gasteiger partial charge in [0, 0.05) is 31.4 Å². The van der Waals surface area contributed by atoms with Gasteiger partial charge in [-0.15, -0.1) is 0 Å². The molecule has 0 spiro atoms. The van der Waals surface area contributed by atoms with Gasteiger partial charge in [-0.1, -0.05) is 48.5 Å². The molecule has 2 N–H and O–H groups in total. The number of benzene rings is 3. The van der Waals surface area contributed by atoms with E-state index in [0.29, 0.717) is 31.2 Å². The van der Waals surface area contributed by atoms with Crippen LogP contribution in [0.4, 0.5) is 5.69 Å². The molecule has 0 unspecified atom stereocenters. The third-order valence-corrected chi connectivity index (χ3v) is 5.66. The highest BCUT2D eigenvalue weighted by molar-refractivity contribution is 6.39. The number of hydrogen-bond acceptors (Lipinski definition) is 5. The van der Waals surface area contributed by atoms with Crippen molar-refractivity contribution in [2.24, 2.45) is 0 Å². The molecular formula is C25H27N3O4. The summed E-state index contributed by atoms with van der Waals surface area (Å²) in [6, 6.07) is 21.2. The van der Waals surface area contributed by atoms with Gasteiger partial charge in [0.1, 0.15) is 5.75 Å². The molecule has 4 rings (SSSR count). The smallest absolute Gasteiger partial charge is 0.313 e. The van der Waals surface area contributed by atoms with Crippen LogP contribution in [-0.4, -0.2) is 56.7 Å². The number of amides is 2. The molecule has 1 saturated heterocycles. The molecule has 7 heteroatoms. The van der Waals surface area contributed by atoms with E-state index in [1.807, 2.05) is 18.2 Å². The van der Waals surface area contributed by atoms with Crippen molar-refractivity contribution in [1.29, 1.82) is 0 Å². The zero-order valence-corrected chi connectivity index (χ0v) is 18.0. The second kappa shape index (κ2) is 10.3. The maximum absolute atomic E-state index is 12.6. The van der Waals surface area contributed by atoms with E-state index in [-0.39, 0.29) is 6.04 Å². The van der Waals surface area contributed by atoms with E-state index in [9.17, 15) is 9.59 Å². The van der Waals surface area contributed by atoms with Crippen LogP contribution in [0, 0.1) is 0 Å². The Balaban J connectivity index is 1.50. The lowest BCUT2D eigenvalue weighted by molar-refractivity contribution is -0.136. The van der Waals surface area contributed by atoms with Crippen LogP contribution in [-0.2, 0) is 14.3 Å². The predicted octanol–water partition coefficient (Wildman–Crippen LogP) is 2.98. The van der Waals surface area contributed by atoms with Crippen LogP contribution < -0.4 is 15.4 Å². The summed E-state index contributed by atoms with van der Waals surface area (Å²) < 4.78 is 10.7. The van der Waals surface area contributed by atoms with E-state index < -0.39 is 11.8 Å². The van der Waals surface area contributed by atoms with E-state index in [1.54, 1.807) is 31.4 Å². The third-order valence-electron chi connectivity index (χ3n) is 5.66. The quantitative estimate of drug-likeness (QED) is 0.585. The Morgan fingerprint density at radius 1 is 1.00 bits per heavy atom. The third kappa shape index (κ3) is 5.07. The Labute approximate surface area is 187 Å². The SMILES string of the molecule is COc1cccc(NC(=O)C(=O)NC[C@H](c2cccc3ccccc23)N2CCOCC2)c1. The fourth-order valence-corrected chi connectivity index (χ4v) is 4.02. The normalized spacial score (nSPS) is 15.2. The first-order valence-corrected chi connectivity index (χ1v) is 10.7. The predicted molar refractivity (Wildman–Crippen MR) is 124 cm³/mol. The molecule has 32 heavy (non-hydrogen) atoms. The van der Waals surface area contributed by atoms with E-state index in [0.717, 1.165) is 29.4 Å². The minimum atomic E-state index is -0.711. The van der Waals surface area contributed by atoms with Gasteiger partial charge in [0.15, 0.2) is 0 Å². The second-order valence-corrected chi connectivity index (χ2v) is 7.63. The van der Waals surface area contributed by atoms with Crippen LogP contribution in [0.2, 0.25) is 0 Å². The number of anilines is 1. The molecule has 1 fully saturated rings. The van der Waals surface area contributed by atoms with E-state index >= 15 is 0 Å². The van der Waals surface area contributed by atoms with Crippen molar-refractivity contribution in [2.75, 3.05) is 45.3 Å². The van der Waals surface area contributed by atoms with Crippen molar-refractivity contribution < 1.29 is 19.1 Å². The van der Waals surface area contributed by atoms with Gasteiger partial charge in [-0.3, -0.25) is 14.5 Å². The number of fused-ring (bicyclic) bond motifs is 1. The lowest BCUT2D eigenvalue weighted by Gasteiger charge is -2.35. The molecule has 166 valence electrons. The lowest BCUT2D eigenvalue weighted by atomic mass is 9.97. The topological polar surface area (TPSA) is 79.9 Å². The minimum absolute atomic E-state index is 0.0708. The van der Waals surface area contributed by atoms with E-state index in [1.165, 1.54) is 0 Å². The van der Waals surface area contributed by atoms with Gasteiger partial charge in [-0.25, -0.2) is 0 Å². The largest absolute Gasteiger partial charge is 0.497 e. The highest BCUT2D eigenvalue weighted by Crippen LogP contribution is 2.28. The van der Waals surface area contributed by atoms with Gasteiger partial charge >= 0.3 is 11.8 Å². The second-order valence-electron chi connectivity index (χ2n) is 7.63. The van der Waals surface area contributed by atoms with E-state index in [2.05, 4.69) is 39.8 Å². The first-order chi connectivity index (χ1) is 15.7. The minimum Gasteiger partial charge on any atom is -0.497 e. The molecule has 7 nitrogen and oxygen atoms in total. The van der Waals surface area contributed by atoms with Crippen LogP contribution in [0.1, 0.15) is 11.6 Å². The summed E-state index contributed by atoms with van der Waals surface area (Å²) in [7, 11) is 1.55. The maximum Gasteiger partial charge on any atom is 0.313 e. The Kier molecular flexibility index (Phi) is 6.99. The molecule has 0 aromatic heterocycles. The summed E-state index contributed by atoms with van der Waals surface area (Å²) in [5.41, 5.74) is 1.63. The number of methoxy groups -OCH3 is 1. The highest BCUT2D eigenvalue weighted by Gasteiger charge is 2.25. The molecule has 0 bridgehead atoms. The summed E-state index contributed by atoms with van der Waals surface area (Å²) >= 11 is 0. The van der Waals surface area contributed by atoms with Crippen LogP contribution in [0.25, 0.3) is 10.8 Å². The van der Waals surface area contributed by atoms with Crippen molar-refractivity contribution in [3.05, 3.63) is 72.3 Å². The van der Waals surface area contributed by atoms with Crippen molar-refractivity contribution in [3.8, 4) is 5.75 Å². The number of nitrogens with one attached hydrogen (secondary N) is 2. The highest BCUT2D eigenvalue weighted by atomic mass is 16.5. The molecule has 1 aliphatic rings. The van der Waals surface area contributed by atoms with Gasteiger partial charge in [0.25, 0.3) is 0 Å². The first kappa shape index (κ1) is 21.8. The summed E-state index contributed by atoms with van der Waals surface area (Å²) in [5.74, 6) is -0.783. The molecule has 0 radical (unpaired) electrons. The number of carbonyl (C=O) groups excluding carboxylic acids is 2. The molecule has 1 aliphatic heterocycles. The average molecular weight is 434 g/mol. The summed E-state index contributed by atoms with van der Waals surface area (Å²) in [5, 5.41) is 7.74. The number of rotatable bonds is 6. The van der Waals surface area contributed by atoms with Gasteiger partial charge in [-0.2, -0.15) is 0 Å². The van der Waals surface area contributed by atoms with Crippen LogP contribution >= 0.6 is 0 Å². The molecular weight excluding hydrogens is 406 g/mol. The molecule has 1 atom stereocenters. The molecule has 2 amide bonds. The average Bonchev–Trinajstić information content (AvgIpc) is 2.85. The Hall–Kier alpha value is -3.42. The molecule has 3 aromatic carbocycles. The van der Waals surface area contributed by atoms with Crippen LogP contribution in [0.15, 0.2) is 66.7 Å². The van der Waals surface area contributed by atoms with E-state index in [4.69, 9.17) is 9.47 Å². The monoisotopic (exact) mass is 433 g/mol. The standard InChI is InChI=1S/C25H27N3O4/c1-31-20-9-5-8-19(16-20)27-25(30)24(29)26-17-23(28-12-14-32-15-13-28)22-11-4-7-18-6-2-3-10-21(18)22/h2-11,16,23H,12-15,17H2,1H3,(H,26,29)(H,27,30)/t23-/m1/s1. The van der Waals surface area contributed by atoms with Crippen molar-refractivity contribution in [3.63, 3.8) is 0 Å². The van der Waals surface area contributed by atoms with Gasteiger partial charge in [0.2, 0.25) is 0 Å². The van der Waals surface area contributed by atoms with Crippen LogP contribution in [0.5, 0.6) is 5.75 Å². The zero-order chi connectivity index (χ0) is 22.3. The fraction of sp³-hybridized carbons (Fsp3) is 0.280. The number of carbonyl (C=O) groups is 2. The summed E-state index contributed by atoms with van der Waals surface area (Å²) in [6.45, 7) is 3.13. The maximum atomic E-state index is 12.6. The Morgan fingerprint density at radius 3 is 2.56 bits per heavy atom. The van der Waals surface area contributed by atoms with Gasteiger partial charge < -0.3 is 20.1 Å². The first-order valence-electron chi connectivity index (χ1n) is 10.7. The number of nitrogens with zero attached hydrogens (tertiary/aromatic N) is 1. The van der Waals surface area contributed by atoms with Gasteiger partial charge in [0.05, 0.1) is 26.4 Å². The Morgan fingerprint density at radius 2 is 1.75 bits per heavy atom. The number of ether oxygens (including phenoxy) is 2. The Bertz CT molecular complexity index is 1090. The van der Waals surface area contributed by atoms with Gasteiger partial charge in [-0.05, 0) is 28.5 Å². The lowest BCUT2D eigenvalue weighted by Crippen LogP contribution is -2.45.